The number of benzene rings is 1. The van der Waals surface area contributed by atoms with E-state index in [0.717, 1.165) is 46.7 Å². The lowest BCUT2D eigenvalue weighted by Crippen LogP contribution is -2.03. The van der Waals surface area contributed by atoms with Crippen LogP contribution in [0.15, 0.2) is 34.1 Å². The molecule has 1 aromatic heterocycles. The maximum atomic E-state index is 11.0. The molecule has 4 nitrogen and oxygen atoms in total. The zero-order chi connectivity index (χ0) is 15.8. The quantitative estimate of drug-likeness (QED) is 0.530. The molecule has 0 aliphatic rings. The van der Waals surface area contributed by atoms with Crippen molar-refractivity contribution < 1.29 is 9.53 Å². The monoisotopic (exact) mass is 382 g/mol. The maximum Gasteiger partial charge on any atom is 0.305 e. The van der Waals surface area contributed by atoms with E-state index in [-0.39, 0.29) is 5.97 Å². The Balaban J connectivity index is 1.74. The van der Waals surface area contributed by atoms with Gasteiger partial charge in [-0.05, 0) is 18.9 Å². The number of nitrogens with zero attached hydrogens (tertiary/aromatic N) is 1. The Morgan fingerprint density at radius 3 is 2.91 bits per heavy atom. The number of ether oxygens (including phenoxy) is 1. The molecule has 0 saturated heterocycles. The summed E-state index contributed by atoms with van der Waals surface area (Å²) in [4.78, 5) is 15.6. The van der Waals surface area contributed by atoms with Crippen LogP contribution >= 0.6 is 27.3 Å². The van der Waals surface area contributed by atoms with Crippen molar-refractivity contribution in [1.29, 1.82) is 0 Å². The van der Waals surface area contributed by atoms with Gasteiger partial charge in [0.1, 0.15) is 0 Å². The summed E-state index contributed by atoms with van der Waals surface area (Å²) < 4.78 is 5.66. The van der Waals surface area contributed by atoms with Crippen LogP contribution in [0.3, 0.4) is 0 Å². The van der Waals surface area contributed by atoms with Crippen molar-refractivity contribution >= 4 is 38.4 Å². The number of methoxy groups -OCH3 is 1. The summed E-state index contributed by atoms with van der Waals surface area (Å²) >= 11 is 5.16. The number of rotatable bonds is 8. The maximum absolute atomic E-state index is 11.0. The lowest BCUT2D eigenvalue weighted by molar-refractivity contribution is -0.140. The van der Waals surface area contributed by atoms with E-state index in [1.807, 2.05) is 18.2 Å². The van der Waals surface area contributed by atoms with Crippen molar-refractivity contribution in [2.45, 2.75) is 25.7 Å². The molecule has 0 amide bonds. The molecule has 1 aromatic carbocycles. The molecule has 6 heteroatoms. The Labute approximate surface area is 143 Å². The average Bonchev–Trinajstić information content (AvgIpc) is 2.99. The smallest absolute Gasteiger partial charge is 0.305 e. The number of aromatic nitrogens is 1. The van der Waals surface area contributed by atoms with Gasteiger partial charge in [-0.3, -0.25) is 4.79 Å². The van der Waals surface area contributed by atoms with Gasteiger partial charge in [-0.25, -0.2) is 4.98 Å². The number of thiazole rings is 1. The van der Waals surface area contributed by atoms with Crippen LogP contribution in [0, 0.1) is 0 Å². The van der Waals surface area contributed by atoms with Crippen LogP contribution in [0.4, 0.5) is 5.13 Å². The van der Waals surface area contributed by atoms with Gasteiger partial charge in [0.05, 0.1) is 12.8 Å². The first-order chi connectivity index (χ1) is 10.7. The summed E-state index contributed by atoms with van der Waals surface area (Å²) in [5.41, 5.74) is 2.08. The molecule has 2 rings (SSSR count). The first-order valence-electron chi connectivity index (χ1n) is 7.22. The minimum atomic E-state index is -0.133. The number of unbranched alkanes of at least 4 members (excludes halogenated alkanes) is 2. The van der Waals surface area contributed by atoms with Gasteiger partial charge in [0.2, 0.25) is 0 Å². The van der Waals surface area contributed by atoms with E-state index in [4.69, 9.17) is 0 Å². The van der Waals surface area contributed by atoms with Crippen molar-refractivity contribution in [2.24, 2.45) is 0 Å². The molecular weight excluding hydrogens is 364 g/mol. The number of nitrogens with one attached hydrogen (secondary N) is 1. The highest BCUT2D eigenvalue weighted by atomic mass is 79.9. The predicted molar refractivity (Wildman–Crippen MR) is 94.2 cm³/mol. The second-order valence-corrected chi connectivity index (χ2v) is 6.54. The van der Waals surface area contributed by atoms with Gasteiger partial charge in [0, 0.05) is 28.4 Å². The van der Waals surface area contributed by atoms with E-state index in [2.05, 4.69) is 42.4 Å². The average molecular weight is 383 g/mol. The largest absolute Gasteiger partial charge is 0.469 e. The SMILES string of the molecule is COC(=O)CCCCCNc1nc(-c2ccccc2Br)cs1. The molecule has 0 radical (unpaired) electrons. The predicted octanol–water partition coefficient (Wildman–Crippen LogP) is 4.72. The second kappa shape index (κ2) is 8.90. The number of esters is 1. The second-order valence-electron chi connectivity index (χ2n) is 4.83. The van der Waals surface area contributed by atoms with Crippen molar-refractivity contribution in [3.05, 3.63) is 34.1 Å². The topological polar surface area (TPSA) is 51.2 Å². The van der Waals surface area contributed by atoms with E-state index in [1.54, 1.807) is 11.3 Å². The molecular formula is C16H19BrN2O2S. The van der Waals surface area contributed by atoms with E-state index in [1.165, 1.54) is 7.11 Å². The molecule has 0 bridgehead atoms. The highest BCUT2D eigenvalue weighted by Gasteiger charge is 2.07. The number of anilines is 1. The van der Waals surface area contributed by atoms with Crippen molar-refractivity contribution in [1.82, 2.24) is 4.98 Å². The van der Waals surface area contributed by atoms with Crippen LogP contribution in [-0.4, -0.2) is 24.6 Å². The van der Waals surface area contributed by atoms with Gasteiger partial charge in [-0.15, -0.1) is 11.3 Å². The van der Waals surface area contributed by atoms with Gasteiger partial charge in [0.15, 0.2) is 5.13 Å². The van der Waals surface area contributed by atoms with Crippen LogP contribution < -0.4 is 5.32 Å². The van der Waals surface area contributed by atoms with E-state index in [0.29, 0.717) is 6.42 Å². The van der Waals surface area contributed by atoms with Gasteiger partial charge < -0.3 is 10.1 Å². The Morgan fingerprint density at radius 1 is 1.32 bits per heavy atom. The van der Waals surface area contributed by atoms with E-state index < -0.39 is 0 Å². The van der Waals surface area contributed by atoms with Gasteiger partial charge >= 0.3 is 5.97 Å². The summed E-state index contributed by atoms with van der Waals surface area (Å²) in [5, 5.41) is 6.32. The van der Waals surface area contributed by atoms with Crippen molar-refractivity contribution in [2.75, 3.05) is 19.0 Å². The normalized spacial score (nSPS) is 10.5. The van der Waals surface area contributed by atoms with Crippen molar-refractivity contribution in [3.8, 4) is 11.3 Å². The standard InChI is InChI=1S/C16H19BrN2O2S/c1-21-15(20)9-3-2-6-10-18-16-19-14(11-22-16)12-7-4-5-8-13(12)17/h4-5,7-8,11H,2-3,6,9-10H2,1H3,(H,18,19). The lowest BCUT2D eigenvalue weighted by Gasteiger charge is -2.03. The Kier molecular flexibility index (Phi) is 6.86. The number of carbonyl (C=O) groups excluding carboxylic acids is 1. The molecule has 0 saturated carbocycles. The fourth-order valence-electron chi connectivity index (χ4n) is 2.02. The molecule has 0 spiro atoms. The molecule has 0 aliphatic heterocycles. The van der Waals surface area contributed by atoms with Crippen LogP contribution in [-0.2, 0) is 9.53 Å². The fraction of sp³-hybridized carbons (Fsp3) is 0.375. The minimum absolute atomic E-state index is 0.133. The number of carbonyl (C=O) groups is 1. The van der Waals surface area contributed by atoms with E-state index >= 15 is 0 Å². The Bertz CT molecular complexity index is 616. The Morgan fingerprint density at radius 2 is 2.14 bits per heavy atom. The first kappa shape index (κ1) is 17.0. The molecule has 1 N–H and O–H groups in total. The molecule has 0 unspecified atom stereocenters. The number of hydrogen-bond donors (Lipinski definition) is 1. The minimum Gasteiger partial charge on any atom is -0.469 e. The highest BCUT2D eigenvalue weighted by Crippen LogP contribution is 2.30. The van der Waals surface area contributed by atoms with Crippen LogP contribution in [0.1, 0.15) is 25.7 Å². The first-order valence-corrected chi connectivity index (χ1v) is 8.89. The molecule has 2 aromatic rings. The van der Waals surface area contributed by atoms with Crippen LogP contribution in [0.5, 0.6) is 0 Å². The summed E-state index contributed by atoms with van der Waals surface area (Å²) in [7, 11) is 1.43. The summed E-state index contributed by atoms with van der Waals surface area (Å²) in [6, 6.07) is 8.07. The number of hydrogen-bond acceptors (Lipinski definition) is 5. The number of halogens is 1. The molecule has 22 heavy (non-hydrogen) atoms. The summed E-state index contributed by atoms with van der Waals surface area (Å²) in [6.07, 6.45) is 3.39. The summed E-state index contributed by atoms with van der Waals surface area (Å²) in [5.74, 6) is -0.133. The zero-order valence-electron chi connectivity index (χ0n) is 12.5. The molecule has 118 valence electrons. The van der Waals surface area contributed by atoms with Gasteiger partial charge in [-0.2, -0.15) is 0 Å². The summed E-state index contributed by atoms with van der Waals surface area (Å²) in [6.45, 7) is 0.865. The third kappa shape index (κ3) is 5.10. The molecule has 0 atom stereocenters. The van der Waals surface area contributed by atoms with Crippen LogP contribution in [0.2, 0.25) is 0 Å². The van der Waals surface area contributed by atoms with Gasteiger partial charge in [0.25, 0.3) is 0 Å². The highest BCUT2D eigenvalue weighted by molar-refractivity contribution is 9.10. The van der Waals surface area contributed by atoms with Crippen LogP contribution in [0.25, 0.3) is 11.3 Å². The van der Waals surface area contributed by atoms with Gasteiger partial charge in [-0.1, -0.05) is 40.5 Å². The van der Waals surface area contributed by atoms with Crippen molar-refractivity contribution in [3.63, 3.8) is 0 Å². The third-order valence-electron chi connectivity index (χ3n) is 3.22. The fourth-order valence-corrected chi connectivity index (χ4v) is 3.24. The third-order valence-corrected chi connectivity index (χ3v) is 4.71. The Hall–Kier alpha value is -1.40. The molecule has 0 aliphatic carbocycles. The lowest BCUT2D eigenvalue weighted by atomic mass is 10.2. The molecule has 1 heterocycles. The zero-order valence-corrected chi connectivity index (χ0v) is 14.9. The molecule has 0 fully saturated rings. The van der Waals surface area contributed by atoms with E-state index in [9.17, 15) is 4.79 Å².